The first-order valence-electron chi connectivity index (χ1n) is 8.87. The standard InChI is InChI=1S/C17H24N6O/c1-21-15(12-23-10-4-8-18-23)19-20-16(21)14-7-3-9-22(11-14)17(24)13-5-2-6-13/h4,8,10,13-14H,2-3,5-7,9,11-12H2,1H3. The number of nitrogens with zero attached hydrogens (tertiary/aromatic N) is 6. The van der Waals surface area contributed by atoms with Crippen LogP contribution in [0.5, 0.6) is 0 Å². The molecule has 1 saturated carbocycles. The van der Waals surface area contributed by atoms with E-state index in [-0.39, 0.29) is 11.8 Å². The Hall–Kier alpha value is -2.18. The number of likely N-dealkylation sites (tertiary alicyclic amines) is 1. The highest BCUT2D eigenvalue weighted by Gasteiger charge is 2.33. The summed E-state index contributed by atoms with van der Waals surface area (Å²) >= 11 is 0. The molecule has 1 unspecified atom stereocenters. The lowest BCUT2D eigenvalue weighted by Crippen LogP contribution is -2.44. The highest BCUT2D eigenvalue weighted by atomic mass is 16.2. The molecule has 7 heteroatoms. The number of aromatic nitrogens is 5. The Morgan fingerprint density at radius 1 is 1.25 bits per heavy atom. The predicted octanol–water partition coefficient (Wildman–Crippen LogP) is 1.57. The predicted molar refractivity (Wildman–Crippen MR) is 88.2 cm³/mol. The van der Waals surface area contributed by atoms with Crippen LogP contribution in [0, 0.1) is 5.92 Å². The molecule has 0 aromatic carbocycles. The molecule has 128 valence electrons. The molecule has 1 amide bonds. The Labute approximate surface area is 141 Å². The number of hydrogen-bond donors (Lipinski definition) is 0. The number of carbonyl (C=O) groups excluding carboxylic acids is 1. The molecule has 0 N–H and O–H groups in total. The normalized spacial score (nSPS) is 21.7. The summed E-state index contributed by atoms with van der Waals surface area (Å²) in [4.78, 5) is 14.6. The van der Waals surface area contributed by atoms with Gasteiger partial charge in [0.15, 0.2) is 5.82 Å². The second kappa shape index (κ2) is 6.37. The van der Waals surface area contributed by atoms with Crippen LogP contribution in [0.15, 0.2) is 18.5 Å². The Bertz CT molecular complexity index is 703. The molecule has 1 saturated heterocycles. The molecule has 2 aliphatic rings. The summed E-state index contributed by atoms with van der Waals surface area (Å²) in [5, 5.41) is 13.0. The summed E-state index contributed by atoms with van der Waals surface area (Å²) in [5.74, 6) is 2.80. The molecule has 0 spiro atoms. The highest BCUT2D eigenvalue weighted by Crippen LogP contribution is 2.32. The molecular weight excluding hydrogens is 304 g/mol. The largest absolute Gasteiger partial charge is 0.342 e. The minimum atomic E-state index is 0.277. The summed E-state index contributed by atoms with van der Waals surface area (Å²) < 4.78 is 3.92. The summed E-state index contributed by atoms with van der Waals surface area (Å²) in [6.45, 7) is 2.29. The molecule has 1 aliphatic heterocycles. The van der Waals surface area contributed by atoms with Crippen LogP contribution in [0.4, 0.5) is 0 Å². The highest BCUT2D eigenvalue weighted by molar-refractivity contribution is 5.79. The van der Waals surface area contributed by atoms with Gasteiger partial charge in [0.1, 0.15) is 12.4 Å². The third kappa shape index (κ3) is 2.83. The minimum absolute atomic E-state index is 0.277. The van der Waals surface area contributed by atoms with E-state index < -0.39 is 0 Å². The maximum absolute atomic E-state index is 12.5. The molecule has 2 fully saturated rings. The van der Waals surface area contributed by atoms with E-state index >= 15 is 0 Å². The van der Waals surface area contributed by atoms with Crippen LogP contribution in [-0.4, -0.2) is 48.4 Å². The van der Waals surface area contributed by atoms with Crippen molar-refractivity contribution in [1.29, 1.82) is 0 Å². The van der Waals surface area contributed by atoms with Crippen LogP contribution in [0.3, 0.4) is 0 Å². The van der Waals surface area contributed by atoms with Crippen LogP contribution in [0.1, 0.15) is 49.7 Å². The zero-order valence-electron chi connectivity index (χ0n) is 14.1. The average Bonchev–Trinajstić information content (AvgIpc) is 3.17. The van der Waals surface area contributed by atoms with E-state index in [1.165, 1.54) is 6.42 Å². The summed E-state index contributed by atoms with van der Waals surface area (Å²) in [6, 6.07) is 1.91. The van der Waals surface area contributed by atoms with Crippen molar-refractivity contribution in [3.05, 3.63) is 30.1 Å². The molecule has 1 atom stereocenters. The summed E-state index contributed by atoms with van der Waals surface area (Å²) in [5.41, 5.74) is 0. The van der Waals surface area contributed by atoms with E-state index in [2.05, 4.69) is 24.8 Å². The third-order valence-electron chi connectivity index (χ3n) is 5.41. The topological polar surface area (TPSA) is 68.8 Å². The van der Waals surface area contributed by atoms with Gasteiger partial charge in [-0.2, -0.15) is 5.10 Å². The molecule has 4 rings (SSSR count). The van der Waals surface area contributed by atoms with Crippen LogP contribution < -0.4 is 0 Å². The van der Waals surface area contributed by atoms with Crippen molar-refractivity contribution in [3.8, 4) is 0 Å². The molecule has 3 heterocycles. The maximum atomic E-state index is 12.5. The van der Waals surface area contributed by atoms with Gasteiger partial charge in [0.05, 0.1) is 0 Å². The average molecular weight is 328 g/mol. The van der Waals surface area contributed by atoms with Gasteiger partial charge in [-0.1, -0.05) is 6.42 Å². The second-order valence-electron chi connectivity index (χ2n) is 6.99. The van der Waals surface area contributed by atoms with E-state index in [1.54, 1.807) is 6.20 Å². The maximum Gasteiger partial charge on any atom is 0.225 e. The number of rotatable bonds is 4. The van der Waals surface area contributed by atoms with Crippen molar-refractivity contribution in [2.75, 3.05) is 13.1 Å². The van der Waals surface area contributed by atoms with Gasteiger partial charge >= 0.3 is 0 Å². The van der Waals surface area contributed by atoms with E-state index in [4.69, 9.17) is 0 Å². The zero-order chi connectivity index (χ0) is 16.5. The fourth-order valence-electron chi connectivity index (χ4n) is 3.71. The molecule has 24 heavy (non-hydrogen) atoms. The first-order valence-corrected chi connectivity index (χ1v) is 8.87. The Morgan fingerprint density at radius 2 is 2.12 bits per heavy atom. The van der Waals surface area contributed by atoms with Gasteiger partial charge in [-0.15, -0.1) is 10.2 Å². The Morgan fingerprint density at radius 3 is 2.83 bits per heavy atom. The van der Waals surface area contributed by atoms with Gasteiger partial charge in [0.25, 0.3) is 0 Å². The van der Waals surface area contributed by atoms with E-state index in [1.807, 2.05) is 24.0 Å². The van der Waals surface area contributed by atoms with Crippen molar-refractivity contribution < 1.29 is 4.79 Å². The van der Waals surface area contributed by atoms with Gasteiger partial charge < -0.3 is 9.47 Å². The fourth-order valence-corrected chi connectivity index (χ4v) is 3.71. The summed E-state index contributed by atoms with van der Waals surface area (Å²) in [7, 11) is 2.01. The monoisotopic (exact) mass is 328 g/mol. The molecule has 7 nitrogen and oxygen atoms in total. The van der Waals surface area contributed by atoms with Crippen molar-refractivity contribution in [2.45, 2.75) is 44.6 Å². The van der Waals surface area contributed by atoms with Gasteiger partial charge in [-0.25, -0.2) is 0 Å². The van der Waals surface area contributed by atoms with Crippen LogP contribution in [-0.2, 0) is 18.4 Å². The van der Waals surface area contributed by atoms with Crippen molar-refractivity contribution in [3.63, 3.8) is 0 Å². The van der Waals surface area contributed by atoms with Crippen LogP contribution >= 0.6 is 0 Å². The SMILES string of the molecule is Cn1c(Cn2cccn2)nnc1C1CCCN(C(=O)C2CCC2)C1. The van der Waals surface area contributed by atoms with Crippen molar-refractivity contribution in [2.24, 2.45) is 13.0 Å². The first kappa shape index (κ1) is 15.4. The molecule has 2 aromatic heterocycles. The summed E-state index contributed by atoms with van der Waals surface area (Å²) in [6.07, 6.45) is 9.15. The van der Waals surface area contributed by atoms with Gasteiger partial charge in [-0.05, 0) is 31.7 Å². The van der Waals surface area contributed by atoms with Gasteiger partial charge in [0.2, 0.25) is 5.91 Å². The molecule has 2 aromatic rings. The lowest BCUT2D eigenvalue weighted by Gasteiger charge is -2.36. The minimum Gasteiger partial charge on any atom is -0.342 e. The van der Waals surface area contributed by atoms with E-state index in [9.17, 15) is 4.79 Å². The van der Waals surface area contributed by atoms with E-state index in [0.29, 0.717) is 12.5 Å². The smallest absolute Gasteiger partial charge is 0.225 e. The van der Waals surface area contributed by atoms with Crippen molar-refractivity contribution >= 4 is 5.91 Å². The molecule has 1 aliphatic carbocycles. The zero-order valence-corrected chi connectivity index (χ0v) is 14.1. The number of piperidine rings is 1. The Balaban J connectivity index is 1.47. The second-order valence-corrected chi connectivity index (χ2v) is 6.99. The molecule has 0 bridgehead atoms. The van der Waals surface area contributed by atoms with E-state index in [0.717, 1.165) is 50.4 Å². The number of hydrogen-bond acceptors (Lipinski definition) is 4. The number of amides is 1. The fraction of sp³-hybridized carbons (Fsp3) is 0.647. The van der Waals surface area contributed by atoms with Gasteiger partial charge in [0, 0.05) is 44.4 Å². The third-order valence-corrected chi connectivity index (χ3v) is 5.41. The lowest BCUT2D eigenvalue weighted by atomic mass is 9.83. The molecule has 0 radical (unpaired) electrons. The van der Waals surface area contributed by atoms with Crippen molar-refractivity contribution in [1.82, 2.24) is 29.4 Å². The number of carbonyl (C=O) groups is 1. The Kier molecular flexibility index (Phi) is 4.08. The molecular formula is C17H24N6O. The first-order chi connectivity index (χ1) is 11.7. The lowest BCUT2D eigenvalue weighted by molar-refractivity contribution is -0.139. The van der Waals surface area contributed by atoms with Gasteiger partial charge in [-0.3, -0.25) is 9.48 Å². The quantitative estimate of drug-likeness (QED) is 0.854. The van der Waals surface area contributed by atoms with Crippen LogP contribution in [0.25, 0.3) is 0 Å². The van der Waals surface area contributed by atoms with Crippen LogP contribution in [0.2, 0.25) is 0 Å².